The van der Waals surface area contributed by atoms with Gasteiger partial charge in [0.2, 0.25) is 0 Å². The number of rotatable bonds is 4. The van der Waals surface area contributed by atoms with E-state index in [9.17, 15) is 0 Å². The molecule has 0 aliphatic rings. The van der Waals surface area contributed by atoms with Crippen LogP contribution >= 0.6 is 28.1 Å². The van der Waals surface area contributed by atoms with Crippen molar-refractivity contribution in [3.63, 3.8) is 0 Å². The SMILES string of the molecule is CCCc1[nH]c(-c2ccncc2CC)nc(=S)c1Br. The van der Waals surface area contributed by atoms with Crippen LogP contribution in [0.15, 0.2) is 22.9 Å². The second-order valence-corrected chi connectivity index (χ2v) is 5.50. The van der Waals surface area contributed by atoms with Crippen molar-refractivity contribution < 1.29 is 0 Å². The van der Waals surface area contributed by atoms with Gasteiger partial charge in [0.25, 0.3) is 0 Å². The molecule has 0 aliphatic carbocycles. The average Bonchev–Trinajstić information content (AvgIpc) is 2.43. The van der Waals surface area contributed by atoms with Gasteiger partial charge in [0.05, 0.1) is 4.47 Å². The number of aromatic nitrogens is 3. The van der Waals surface area contributed by atoms with Crippen molar-refractivity contribution >= 4 is 28.1 Å². The molecule has 5 heteroatoms. The molecule has 3 nitrogen and oxygen atoms in total. The molecule has 1 N–H and O–H groups in total. The zero-order valence-corrected chi connectivity index (χ0v) is 13.4. The van der Waals surface area contributed by atoms with Gasteiger partial charge in [-0.25, -0.2) is 4.98 Å². The summed E-state index contributed by atoms with van der Waals surface area (Å²) < 4.78 is 1.51. The zero-order valence-electron chi connectivity index (χ0n) is 11.0. The molecule has 2 rings (SSSR count). The van der Waals surface area contributed by atoms with Crippen LogP contribution in [0, 0.1) is 4.64 Å². The average molecular weight is 338 g/mol. The molecule has 2 aromatic heterocycles. The highest BCUT2D eigenvalue weighted by Gasteiger charge is 2.10. The summed E-state index contributed by atoms with van der Waals surface area (Å²) in [6.45, 7) is 4.26. The van der Waals surface area contributed by atoms with E-state index in [1.54, 1.807) is 6.20 Å². The number of hydrogen-bond acceptors (Lipinski definition) is 3. The van der Waals surface area contributed by atoms with E-state index in [1.807, 2.05) is 12.3 Å². The Balaban J connectivity index is 2.59. The van der Waals surface area contributed by atoms with E-state index >= 15 is 0 Å². The Bertz CT molecular complexity index is 637. The molecule has 0 amide bonds. The normalized spacial score (nSPS) is 10.7. The molecule has 0 unspecified atom stereocenters. The van der Waals surface area contributed by atoms with Crippen LogP contribution in [0.2, 0.25) is 0 Å². The minimum Gasteiger partial charge on any atom is -0.342 e. The second-order valence-electron chi connectivity index (χ2n) is 4.32. The van der Waals surface area contributed by atoms with Crippen molar-refractivity contribution in [2.24, 2.45) is 0 Å². The van der Waals surface area contributed by atoms with E-state index in [4.69, 9.17) is 12.2 Å². The van der Waals surface area contributed by atoms with Gasteiger partial charge in [-0.1, -0.05) is 32.5 Å². The summed E-state index contributed by atoms with van der Waals surface area (Å²) in [5.41, 5.74) is 3.36. The summed E-state index contributed by atoms with van der Waals surface area (Å²) in [6.07, 6.45) is 6.60. The quantitative estimate of drug-likeness (QED) is 0.836. The van der Waals surface area contributed by atoms with Gasteiger partial charge in [0.15, 0.2) is 0 Å². The van der Waals surface area contributed by atoms with Gasteiger partial charge in [-0.15, -0.1) is 0 Å². The smallest absolute Gasteiger partial charge is 0.144 e. The highest BCUT2D eigenvalue weighted by Crippen LogP contribution is 2.24. The summed E-state index contributed by atoms with van der Waals surface area (Å²) in [4.78, 5) is 12.0. The monoisotopic (exact) mass is 337 g/mol. The fourth-order valence-corrected chi connectivity index (χ4v) is 2.60. The highest BCUT2D eigenvalue weighted by atomic mass is 79.9. The van der Waals surface area contributed by atoms with Crippen molar-refractivity contribution in [3.05, 3.63) is 38.8 Å². The fraction of sp³-hybridized carbons (Fsp3) is 0.357. The first-order valence-electron chi connectivity index (χ1n) is 6.39. The Morgan fingerprint density at radius 3 is 2.84 bits per heavy atom. The van der Waals surface area contributed by atoms with Gasteiger partial charge < -0.3 is 4.98 Å². The first-order valence-corrected chi connectivity index (χ1v) is 7.59. The van der Waals surface area contributed by atoms with Crippen LogP contribution in [0.3, 0.4) is 0 Å². The zero-order chi connectivity index (χ0) is 13.8. The molecular formula is C14H16BrN3S. The van der Waals surface area contributed by atoms with E-state index in [0.29, 0.717) is 4.64 Å². The van der Waals surface area contributed by atoms with Gasteiger partial charge in [-0.3, -0.25) is 4.98 Å². The van der Waals surface area contributed by atoms with Crippen LogP contribution in [0.4, 0.5) is 0 Å². The number of pyridine rings is 1. The number of H-pyrrole nitrogens is 1. The molecule has 0 saturated heterocycles. The van der Waals surface area contributed by atoms with Crippen molar-refractivity contribution in [1.82, 2.24) is 15.0 Å². The number of nitrogens with one attached hydrogen (secondary N) is 1. The summed E-state index contributed by atoms with van der Waals surface area (Å²) in [5, 5.41) is 0. The fourth-order valence-electron chi connectivity index (χ4n) is 2.00. The van der Waals surface area contributed by atoms with E-state index in [0.717, 1.165) is 40.8 Å². The molecule has 0 spiro atoms. The minimum absolute atomic E-state index is 0.607. The third-order valence-electron chi connectivity index (χ3n) is 2.97. The Morgan fingerprint density at radius 1 is 1.37 bits per heavy atom. The molecule has 0 radical (unpaired) electrons. The van der Waals surface area contributed by atoms with Crippen LogP contribution in [-0.4, -0.2) is 15.0 Å². The first kappa shape index (κ1) is 14.3. The third-order valence-corrected chi connectivity index (χ3v) is 4.39. The summed E-state index contributed by atoms with van der Waals surface area (Å²) in [5.74, 6) is 0.830. The van der Waals surface area contributed by atoms with Crippen molar-refractivity contribution in [2.75, 3.05) is 0 Å². The molecule has 19 heavy (non-hydrogen) atoms. The molecule has 0 atom stereocenters. The topological polar surface area (TPSA) is 41.6 Å². The molecule has 0 aliphatic heterocycles. The predicted molar refractivity (Wildman–Crippen MR) is 83.7 cm³/mol. The summed E-state index contributed by atoms with van der Waals surface area (Å²) >= 11 is 8.84. The maximum atomic E-state index is 5.33. The maximum Gasteiger partial charge on any atom is 0.144 e. The third kappa shape index (κ3) is 3.09. The lowest BCUT2D eigenvalue weighted by Crippen LogP contribution is -2.00. The number of nitrogens with zero attached hydrogens (tertiary/aromatic N) is 2. The van der Waals surface area contributed by atoms with E-state index < -0.39 is 0 Å². The number of aromatic amines is 1. The van der Waals surface area contributed by atoms with Gasteiger partial charge in [-0.2, -0.15) is 0 Å². The number of hydrogen-bond donors (Lipinski definition) is 1. The largest absolute Gasteiger partial charge is 0.342 e. The first-order chi connectivity index (χ1) is 9.17. The molecule has 0 fully saturated rings. The van der Waals surface area contributed by atoms with Crippen LogP contribution in [0.1, 0.15) is 31.5 Å². The predicted octanol–water partition coefficient (Wildman–Crippen LogP) is 4.48. The molecule has 0 saturated carbocycles. The van der Waals surface area contributed by atoms with E-state index in [1.165, 1.54) is 5.56 Å². The molecule has 100 valence electrons. The Kier molecular flexibility index (Phi) is 4.82. The standard InChI is InChI=1S/C14H16BrN3S/c1-3-5-11-12(15)14(19)18-13(17-11)10-6-7-16-8-9(10)4-2/h6-8H,3-5H2,1-2H3,(H,17,18,19). The maximum absolute atomic E-state index is 5.33. The molecule has 2 aromatic rings. The Morgan fingerprint density at radius 2 is 2.16 bits per heavy atom. The Hall–Kier alpha value is -1.07. The number of halogens is 1. The Labute approximate surface area is 126 Å². The lowest BCUT2D eigenvalue weighted by Gasteiger charge is -2.10. The molecule has 0 bridgehead atoms. The van der Waals surface area contributed by atoms with Gasteiger partial charge >= 0.3 is 0 Å². The molecule has 2 heterocycles. The second kappa shape index (κ2) is 6.39. The highest BCUT2D eigenvalue weighted by molar-refractivity contribution is 9.10. The van der Waals surface area contributed by atoms with Crippen LogP contribution < -0.4 is 0 Å². The number of aryl methyl sites for hydroxylation is 2. The summed E-state index contributed by atoms with van der Waals surface area (Å²) in [6, 6.07) is 1.98. The van der Waals surface area contributed by atoms with E-state index in [-0.39, 0.29) is 0 Å². The van der Waals surface area contributed by atoms with Crippen molar-refractivity contribution in [1.29, 1.82) is 0 Å². The summed E-state index contributed by atoms with van der Waals surface area (Å²) in [7, 11) is 0. The molecule has 0 aromatic carbocycles. The lowest BCUT2D eigenvalue weighted by molar-refractivity contribution is 0.864. The molecular weight excluding hydrogens is 322 g/mol. The van der Waals surface area contributed by atoms with Gasteiger partial charge in [0, 0.05) is 23.7 Å². The van der Waals surface area contributed by atoms with Crippen molar-refractivity contribution in [3.8, 4) is 11.4 Å². The van der Waals surface area contributed by atoms with Crippen LogP contribution in [-0.2, 0) is 12.8 Å². The van der Waals surface area contributed by atoms with Crippen molar-refractivity contribution in [2.45, 2.75) is 33.1 Å². The minimum atomic E-state index is 0.607. The van der Waals surface area contributed by atoms with Gasteiger partial charge in [-0.05, 0) is 40.4 Å². The van der Waals surface area contributed by atoms with Gasteiger partial charge in [0.1, 0.15) is 10.5 Å². The lowest BCUT2D eigenvalue weighted by atomic mass is 10.1. The van der Waals surface area contributed by atoms with Crippen LogP contribution in [0.5, 0.6) is 0 Å². The van der Waals surface area contributed by atoms with Crippen LogP contribution in [0.25, 0.3) is 11.4 Å². The van der Waals surface area contributed by atoms with E-state index in [2.05, 4.69) is 44.7 Å².